The highest BCUT2D eigenvalue weighted by atomic mass is 19.4. The Morgan fingerprint density at radius 3 is 1.92 bits per heavy atom. The SMILES string of the molecule is Cc1cccc(CN2CC3(C2)CN(C)C(C(=O)N(C)C)CO3)n1.O=C(O)C(F)(F)F.O=C(O)C(F)(F)F. The molecule has 2 saturated heterocycles. The van der Waals surface area contributed by atoms with Crippen LogP contribution in [-0.2, 0) is 25.7 Å². The lowest BCUT2D eigenvalue weighted by atomic mass is 9.90. The highest BCUT2D eigenvalue weighted by molar-refractivity contribution is 5.81. The monoisotopic (exact) mass is 546 g/mol. The minimum Gasteiger partial charge on any atom is -0.475 e. The molecule has 0 radical (unpaired) electrons. The molecule has 10 nitrogen and oxygen atoms in total. The fourth-order valence-corrected chi connectivity index (χ4v) is 3.54. The molecule has 2 fully saturated rings. The van der Waals surface area contributed by atoms with Crippen molar-refractivity contribution in [1.29, 1.82) is 0 Å². The van der Waals surface area contributed by atoms with E-state index in [1.54, 1.807) is 19.0 Å². The molecule has 0 saturated carbocycles. The fourth-order valence-electron chi connectivity index (χ4n) is 3.54. The number of nitrogens with zero attached hydrogens (tertiary/aromatic N) is 4. The Kier molecular flexibility index (Phi) is 10.8. The number of pyridine rings is 1. The molecule has 37 heavy (non-hydrogen) atoms. The van der Waals surface area contributed by atoms with E-state index in [0.717, 1.165) is 37.6 Å². The number of alkyl halides is 6. The average Bonchev–Trinajstić information content (AvgIpc) is 2.72. The van der Waals surface area contributed by atoms with Gasteiger partial charge in [0.2, 0.25) is 5.91 Å². The first-order chi connectivity index (χ1) is 16.8. The number of halogens is 6. The van der Waals surface area contributed by atoms with Gasteiger partial charge in [0.1, 0.15) is 11.6 Å². The Morgan fingerprint density at radius 1 is 1.05 bits per heavy atom. The van der Waals surface area contributed by atoms with Gasteiger partial charge in [-0.15, -0.1) is 0 Å². The van der Waals surface area contributed by atoms with Gasteiger partial charge in [-0.2, -0.15) is 26.3 Å². The van der Waals surface area contributed by atoms with Gasteiger partial charge in [0.05, 0.1) is 12.3 Å². The Labute approximate surface area is 208 Å². The number of aromatic nitrogens is 1. The van der Waals surface area contributed by atoms with Crippen molar-refractivity contribution < 1.29 is 55.7 Å². The average molecular weight is 546 g/mol. The quantitative estimate of drug-likeness (QED) is 0.545. The van der Waals surface area contributed by atoms with Gasteiger partial charge in [0.15, 0.2) is 0 Å². The largest absolute Gasteiger partial charge is 0.490 e. The highest BCUT2D eigenvalue weighted by Gasteiger charge is 2.49. The normalized spacial score (nSPS) is 19.5. The summed E-state index contributed by atoms with van der Waals surface area (Å²) < 4.78 is 69.6. The van der Waals surface area contributed by atoms with Crippen molar-refractivity contribution in [3.63, 3.8) is 0 Å². The molecule has 0 aliphatic carbocycles. The molecule has 1 spiro atoms. The Morgan fingerprint density at radius 2 is 1.54 bits per heavy atom. The van der Waals surface area contributed by atoms with E-state index < -0.39 is 24.3 Å². The van der Waals surface area contributed by atoms with E-state index in [0.29, 0.717) is 6.61 Å². The molecule has 0 bridgehead atoms. The van der Waals surface area contributed by atoms with Crippen LogP contribution in [0, 0.1) is 6.92 Å². The Bertz CT molecular complexity index is 926. The maximum Gasteiger partial charge on any atom is 0.490 e. The summed E-state index contributed by atoms with van der Waals surface area (Å²) in [4.78, 5) is 40.6. The summed E-state index contributed by atoms with van der Waals surface area (Å²) in [6.07, 6.45) is -10.2. The number of carbonyl (C=O) groups is 3. The molecule has 16 heteroatoms. The Hall–Kier alpha value is -2.98. The van der Waals surface area contributed by atoms with E-state index in [4.69, 9.17) is 24.5 Å². The van der Waals surface area contributed by atoms with E-state index in [9.17, 15) is 31.1 Å². The van der Waals surface area contributed by atoms with Crippen molar-refractivity contribution in [3.8, 4) is 0 Å². The molecule has 1 atom stereocenters. The first kappa shape index (κ1) is 32.0. The smallest absolute Gasteiger partial charge is 0.475 e. The number of likely N-dealkylation sites (N-methyl/N-ethyl adjacent to an activating group) is 2. The molecular weight excluding hydrogens is 518 g/mol. The van der Waals surface area contributed by atoms with Gasteiger partial charge in [-0.3, -0.25) is 19.6 Å². The zero-order valence-electron chi connectivity index (χ0n) is 20.4. The predicted molar refractivity (Wildman–Crippen MR) is 115 cm³/mol. The third-order valence-corrected chi connectivity index (χ3v) is 5.18. The van der Waals surface area contributed by atoms with E-state index in [1.807, 2.05) is 20.0 Å². The topological polar surface area (TPSA) is 124 Å². The number of aliphatic carboxylic acids is 2. The highest BCUT2D eigenvalue weighted by Crippen LogP contribution is 2.31. The molecule has 3 heterocycles. The number of rotatable bonds is 3. The summed E-state index contributed by atoms with van der Waals surface area (Å²) in [5.41, 5.74) is 2.03. The Balaban J connectivity index is 0.000000404. The molecule has 1 amide bonds. The number of morpholine rings is 1. The van der Waals surface area contributed by atoms with E-state index in [2.05, 4.69) is 26.9 Å². The summed E-state index contributed by atoms with van der Waals surface area (Å²) in [5.74, 6) is -5.40. The van der Waals surface area contributed by atoms with Crippen molar-refractivity contribution in [1.82, 2.24) is 19.7 Å². The van der Waals surface area contributed by atoms with Gasteiger partial charge >= 0.3 is 24.3 Å². The summed E-state index contributed by atoms with van der Waals surface area (Å²) in [6, 6.07) is 5.97. The zero-order valence-corrected chi connectivity index (χ0v) is 20.4. The zero-order chi connectivity index (χ0) is 28.8. The third kappa shape index (κ3) is 10.1. The number of carboxylic acids is 2. The predicted octanol–water partition coefficient (Wildman–Crippen LogP) is 1.63. The second-order valence-electron chi connectivity index (χ2n) is 8.68. The van der Waals surface area contributed by atoms with Crippen molar-refractivity contribution in [3.05, 3.63) is 29.6 Å². The van der Waals surface area contributed by atoms with Crippen LogP contribution in [0.25, 0.3) is 0 Å². The lowest BCUT2D eigenvalue weighted by molar-refractivity contribution is -0.201. The van der Waals surface area contributed by atoms with Crippen LogP contribution in [0.3, 0.4) is 0 Å². The molecule has 1 unspecified atom stereocenters. The van der Waals surface area contributed by atoms with Gasteiger partial charge in [-0.05, 0) is 26.1 Å². The van der Waals surface area contributed by atoms with Crippen molar-refractivity contribution in [2.24, 2.45) is 0 Å². The van der Waals surface area contributed by atoms with Crippen LogP contribution < -0.4 is 0 Å². The third-order valence-electron chi connectivity index (χ3n) is 5.18. The maximum absolute atomic E-state index is 12.1. The van der Waals surface area contributed by atoms with Crippen molar-refractivity contribution >= 4 is 17.8 Å². The molecule has 210 valence electrons. The van der Waals surface area contributed by atoms with Gasteiger partial charge < -0.3 is 19.8 Å². The molecule has 3 rings (SSSR count). The second-order valence-corrected chi connectivity index (χ2v) is 8.68. The van der Waals surface area contributed by atoms with Crippen LogP contribution in [-0.4, -0.2) is 119 Å². The van der Waals surface area contributed by atoms with Crippen molar-refractivity contribution in [2.75, 3.05) is 47.4 Å². The maximum atomic E-state index is 12.1. The number of carbonyl (C=O) groups excluding carboxylic acids is 1. The lowest BCUT2D eigenvalue weighted by Gasteiger charge is -2.55. The molecule has 1 aromatic rings. The molecule has 1 aromatic heterocycles. The second kappa shape index (κ2) is 12.5. The number of hydrogen-bond acceptors (Lipinski definition) is 7. The number of aryl methyl sites for hydroxylation is 1. The number of hydrogen-bond donors (Lipinski definition) is 2. The molecule has 2 aliphatic heterocycles. The molecule has 0 aromatic carbocycles. The molecule has 2 aliphatic rings. The van der Waals surface area contributed by atoms with Gasteiger partial charge in [0, 0.05) is 46.0 Å². The summed E-state index contributed by atoms with van der Waals surface area (Å²) in [5, 5.41) is 14.2. The number of carboxylic acid groups (broad SMARTS) is 2. The standard InChI is InChI=1S/C17H26N4O2.2C2HF3O2/c1-13-6-5-7-14(18-13)8-21-11-17(12-21)10-20(4)15(9-23-17)16(22)19(2)3;2*3-2(4,5)1(6)7/h5-7,15H,8-12H2,1-4H3;2*(H,6,7). The fraction of sp³-hybridized carbons (Fsp3) is 0.619. The molecule has 2 N–H and O–H groups in total. The lowest BCUT2D eigenvalue weighted by Crippen LogP contribution is -2.72. The number of amides is 1. The van der Waals surface area contributed by atoms with Gasteiger partial charge in [-0.25, -0.2) is 9.59 Å². The minimum atomic E-state index is -5.08. The summed E-state index contributed by atoms with van der Waals surface area (Å²) >= 11 is 0. The first-order valence-electron chi connectivity index (χ1n) is 10.6. The minimum absolute atomic E-state index is 0.113. The van der Waals surface area contributed by atoms with Gasteiger partial charge in [0.25, 0.3) is 0 Å². The van der Waals surface area contributed by atoms with Crippen molar-refractivity contribution in [2.45, 2.75) is 37.5 Å². The van der Waals surface area contributed by atoms with Crippen LogP contribution in [0.1, 0.15) is 11.4 Å². The summed E-state index contributed by atoms with van der Waals surface area (Å²) in [6.45, 7) is 5.95. The number of likely N-dealkylation sites (tertiary alicyclic amines) is 1. The van der Waals surface area contributed by atoms with Crippen LogP contribution in [0.5, 0.6) is 0 Å². The van der Waals surface area contributed by atoms with Gasteiger partial charge in [-0.1, -0.05) is 6.07 Å². The van der Waals surface area contributed by atoms with E-state index >= 15 is 0 Å². The van der Waals surface area contributed by atoms with Crippen LogP contribution in [0.4, 0.5) is 26.3 Å². The van der Waals surface area contributed by atoms with E-state index in [1.165, 1.54) is 0 Å². The van der Waals surface area contributed by atoms with Crippen LogP contribution in [0.2, 0.25) is 0 Å². The van der Waals surface area contributed by atoms with E-state index in [-0.39, 0.29) is 17.6 Å². The number of ether oxygens (including phenoxy) is 1. The van der Waals surface area contributed by atoms with Crippen LogP contribution in [0.15, 0.2) is 18.2 Å². The first-order valence-corrected chi connectivity index (χ1v) is 10.6. The molecular formula is C21H28F6N4O6. The van der Waals surface area contributed by atoms with Crippen LogP contribution >= 0.6 is 0 Å². The summed E-state index contributed by atoms with van der Waals surface area (Å²) in [7, 11) is 5.60.